The highest BCUT2D eigenvalue weighted by Crippen LogP contribution is 2.29. The largest absolute Gasteiger partial charge is 0.457 e. The fourth-order valence-corrected chi connectivity index (χ4v) is 4.98. The zero-order valence-electron chi connectivity index (χ0n) is 15.6. The minimum atomic E-state index is -0.505. The van der Waals surface area contributed by atoms with Crippen LogP contribution in [0.5, 0.6) is 0 Å². The number of rotatable bonds is 3. The van der Waals surface area contributed by atoms with Gasteiger partial charge in [-0.2, -0.15) is 5.26 Å². The summed E-state index contributed by atoms with van der Waals surface area (Å²) in [5.74, 6) is 0.275. The van der Waals surface area contributed by atoms with Crippen molar-refractivity contribution in [3.05, 3.63) is 68.3 Å². The number of carbonyl (C=O) groups is 1. The Balaban J connectivity index is 1.47. The van der Waals surface area contributed by atoms with Crippen molar-refractivity contribution in [2.45, 2.75) is 32.9 Å². The van der Waals surface area contributed by atoms with Gasteiger partial charge in [-0.1, -0.05) is 6.07 Å². The van der Waals surface area contributed by atoms with Gasteiger partial charge in [0.05, 0.1) is 16.5 Å². The second kappa shape index (κ2) is 6.57. The fourth-order valence-electron chi connectivity index (χ4n) is 3.89. The van der Waals surface area contributed by atoms with Crippen LogP contribution in [-0.4, -0.2) is 19.9 Å². The molecule has 5 heterocycles. The lowest BCUT2D eigenvalue weighted by molar-refractivity contribution is 0.0478. The number of thiophene rings is 1. The number of carbonyl (C=O) groups excluding carboxylic acids is 1. The molecule has 144 valence electrons. The van der Waals surface area contributed by atoms with E-state index in [1.54, 1.807) is 17.7 Å². The van der Waals surface area contributed by atoms with Gasteiger partial charge in [-0.05, 0) is 31.0 Å². The lowest BCUT2D eigenvalue weighted by Crippen LogP contribution is -2.20. The van der Waals surface area contributed by atoms with Crippen LogP contribution in [0.2, 0.25) is 0 Å². The van der Waals surface area contributed by atoms with Crippen molar-refractivity contribution in [3.8, 4) is 6.07 Å². The Morgan fingerprint density at radius 1 is 1.41 bits per heavy atom. The number of hydrogen-bond acceptors (Lipinski definition) is 6. The van der Waals surface area contributed by atoms with Crippen molar-refractivity contribution in [1.82, 2.24) is 14.0 Å². The molecule has 0 atom stereocenters. The second-order valence-corrected chi connectivity index (χ2v) is 8.03. The standard InChI is InChI=1S/C21H16N4O3S/c1-12-17-19(23-16-6-4-8-25(16)20(17)26)29-18(12)21(27)28-11-13-10-24-7-3-2-5-15(24)14(13)9-22/h2-3,5,7,10H,4,6,8,11H2,1H3. The number of fused-ring (bicyclic) bond motifs is 3. The summed E-state index contributed by atoms with van der Waals surface area (Å²) >= 11 is 1.19. The minimum Gasteiger partial charge on any atom is -0.457 e. The van der Waals surface area contributed by atoms with E-state index in [9.17, 15) is 14.9 Å². The summed E-state index contributed by atoms with van der Waals surface area (Å²) in [5, 5.41) is 9.99. The molecule has 0 fully saturated rings. The normalized spacial score (nSPS) is 13.0. The van der Waals surface area contributed by atoms with E-state index in [4.69, 9.17) is 4.74 Å². The Hall–Kier alpha value is -3.44. The average molecular weight is 404 g/mol. The maximum atomic E-state index is 12.8. The number of nitriles is 1. The highest BCUT2D eigenvalue weighted by Gasteiger charge is 2.24. The average Bonchev–Trinajstić information content (AvgIpc) is 3.41. The van der Waals surface area contributed by atoms with Crippen LogP contribution in [0.15, 0.2) is 35.4 Å². The molecule has 4 aromatic rings. The molecule has 0 saturated carbocycles. The van der Waals surface area contributed by atoms with E-state index in [-0.39, 0.29) is 12.2 Å². The predicted octanol–water partition coefficient (Wildman–Crippen LogP) is 3.19. The van der Waals surface area contributed by atoms with Gasteiger partial charge in [0.1, 0.15) is 28.2 Å². The SMILES string of the molecule is Cc1c(C(=O)OCc2cn3ccccc3c2C#N)sc2nc3n(c(=O)c12)CCC3. The molecule has 7 nitrogen and oxygen atoms in total. The Morgan fingerprint density at radius 2 is 2.28 bits per heavy atom. The lowest BCUT2D eigenvalue weighted by atomic mass is 10.2. The number of nitrogens with zero attached hydrogens (tertiary/aromatic N) is 4. The molecule has 4 aromatic heterocycles. The summed E-state index contributed by atoms with van der Waals surface area (Å²) in [6, 6.07) is 7.75. The van der Waals surface area contributed by atoms with E-state index in [1.807, 2.05) is 28.8 Å². The number of esters is 1. The van der Waals surface area contributed by atoms with Gasteiger partial charge in [0.15, 0.2) is 0 Å². The molecule has 0 N–H and O–H groups in total. The highest BCUT2D eigenvalue weighted by molar-refractivity contribution is 7.20. The molecule has 1 aliphatic heterocycles. The molecule has 0 saturated heterocycles. The Bertz CT molecular complexity index is 1400. The molecule has 0 unspecified atom stereocenters. The maximum Gasteiger partial charge on any atom is 0.349 e. The smallest absolute Gasteiger partial charge is 0.349 e. The van der Waals surface area contributed by atoms with Gasteiger partial charge in [-0.15, -0.1) is 11.3 Å². The summed E-state index contributed by atoms with van der Waals surface area (Å²) in [5.41, 5.74) is 2.43. The zero-order chi connectivity index (χ0) is 20.1. The minimum absolute atomic E-state index is 0.0139. The Labute approximate surface area is 169 Å². The van der Waals surface area contributed by atoms with Crippen molar-refractivity contribution < 1.29 is 9.53 Å². The fraction of sp³-hybridized carbons (Fsp3) is 0.238. The predicted molar refractivity (Wildman–Crippen MR) is 108 cm³/mol. The van der Waals surface area contributed by atoms with Gasteiger partial charge in [-0.25, -0.2) is 9.78 Å². The van der Waals surface area contributed by atoms with Crippen LogP contribution in [0.4, 0.5) is 0 Å². The van der Waals surface area contributed by atoms with Crippen LogP contribution in [0.25, 0.3) is 15.7 Å². The lowest BCUT2D eigenvalue weighted by Gasteiger charge is -2.03. The van der Waals surface area contributed by atoms with E-state index < -0.39 is 5.97 Å². The molecule has 1 aliphatic rings. The van der Waals surface area contributed by atoms with Gasteiger partial charge < -0.3 is 9.14 Å². The first-order valence-corrected chi connectivity index (χ1v) is 10.1. The van der Waals surface area contributed by atoms with Crippen LogP contribution < -0.4 is 5.56 Å². The third-order valence-electron chi connectivity index (χ3n) is 5.33. The van der Waals surface area contributed by atoms with E-state index in [0.717, 1.165) is 24.2 Å². The third-order valence-corrected chi connectivity index (χ3v) is 6.50. The molecule has 5 rings (SSSR count). The van der Waals surface area contributed by atoms with Gasteiger partial charge in [0.2, 0.25) is 0 Å². The number of ether oxygens (including phenoxy) is 1. The van der Waals surface area contributed by atoms with Crippen LogP contribution >= 0.6 is 11.3 Å². The number of hydrogen-bond donors (Lipinski definition) is 0. The Morgan fingerprint density at radius 3 is 3.10 bits per heavy atom. The Kier molecular flexibility index (Phi) is 4.00. The summed E-state index contributed by atoms with van der Waals surface area (Å²) in [6.45, 7) is 2.42. The van der Waals surface area contributed by atoms with Crippen molar-refractivity contribution >= 4 is 33.0 Å². The van der Waals surface area contributed by atoms with Crippen LogP contribution in [0.1, 0.15) is 38.6 Å². The van der Waals surface area contributed by atoms with Gasteiger partial charge in [-0.3, -0.25) is 9.36 Å². The topological polar surface area (TPSA) is 89.4 Å². The molecule has 0 bridgehead atoms. The molecule has 0 spiro atoms. The number of aryl methyl sites for hydroxylation is 2. The van der Waals surface area contributed by atoms with Crippen molar-refractivity contribution in [1.29, 1.82) is 5.26 Å². The number of pyridine rings is 1. The molecule has 29 heavy (non-hydrogen) atoms. The third kappa shape index (κ3) is 2.66. The molecule has 0 aromatic carbocycles. The van der Waals surface area contributed by atoms with Crippen LogP contribution in [0, 0.1) is 18.3 Å². The van der Waals surface area contributed by atoms with Crippen molar-refractivity contribution in [2.75, 3.05) is 0 Å². The first-order valence-electron chi connectivity index (χ1n) is 9.27. The summed E-state index contributed by atoms with van der Waals surface area (Å²) in [4.78, 5) is 31.1. The van der Waals surface area contributed by atoms with Gasteiger partial charge in [0, 0.05) is 30.9 Å². The first kappa shape index (κ1) is 17.6. The maximum absolute atomic E-state index is 12.8. The molecule has 0 amide bonds. The van der Waals surface area contributed by atoms with Crippen molar-refractivity contribution in [3.63, 3.8) is 0 Å². The van der Waals surface area contributed by atoms with E-state index in [1.165, 1.54) is 11.3 Å². The molecular weight excluding hydrogens is 388 g/mol. The molecule has 0 aliphatic carbocycles. The van der Waals surface area contributed by atoms with Crippen LogP contribution in [-0.2, 0) is 24.3 Å². The quantitative estimate of drug-likeness (QED) is 0.489. The van der Waals surface area contributed by atoms with Gasteiger partial charge >= 0.3 is 5.97 Å². The first-order chi connectivity index (χ1) is 14.1. The summed E-state index contributed by atoms with van der Waals surface area (Å²) in [6.07, 6.45) is 5.33. The second-order valence-electron chi connectivity index (χ2n) is 7.04. The van der Waals surface area contributed by atoms with Crippen LogP contribution in [0.3, 0.4) is 0 Å². The van der Waals surface area contributed by atoms with E-state index in [2.05, 4.69) is 11.1 Å². The monoisotopic (exact) mass is 404 g/mol. The summed E-state index contributed by atoms with van der Waals surface area (Å²) < 4.78 is 9.04. The van der Waals surface area contributed by atoms with E-state index >= 15 is 0 Å². The highest BCUT2D eigenvalue weighted by atomic mass is 32.1. The molecule has 8 heteroatoms. The van der Waals surface area contributed by atoms with Crippen molar-refractivity contribution in [2.24, 2.45) is 0 Å². The molecule has 0 radical (unpaired) electrons. The van der Waals surface area contributed by atoms with Gasteiger partial charge in [0.25, 0.3) is 5.56 Å². The zero-order valence-corrected chi connectivity index (χ0v) is 16.5. The number of aromatic nitrogens is 3. The van der Waals surface area contributed by atoms with E-state index in [0.29, 0.717) is 38.3 Å². The summed E-state index contributed by atoms with van der Waals surface area (Å²) in [7, 11) is 0. The molecular formula is C21H16N4O3S.